The third-order valence-electron chi connectivity index (χ3n) is 5.51. The van der Waals surface area contributed by atoms with Gasteiger partial charge in [0.15, 0.2) is 0 Å². The summed E-state index contributed by atoms with van der Waals surface area (Å²) in [5.41, 5.74) is 11.7. The van der Waals surface area contributed by atoms with Gasteiger partial charge in [0.05, 0.1) is 0 Å². The van der Waals surface area contributed by atoms with Crippen LogP contribution in [0.4, 0.5) is 5.69 Å². The maximum atomic E-state index is 12.5. The highest BCUT2D eigenvalue weighted by Gasteiger charge is 2.20. The van der Waals surface area contributed by atoms with Crippen LogP contribution < -0.4 is 27.4 Å². The highest BCUT2D eigenvalue weighted by Crippen LogP contribution is 2.13. The van der Waals surface area contributed by atoms with Gasteiger partial charge in [0, 0.05) is 49.2 Å². The van der Waals surface area contributed by atoms with E-state index in [4.69, 9.17) is 21.7 Å². The number of amides is 4. The fourth-order valence-corrected chi connectivity index (χ4v) is 3.50. The predicted octanol–water partition coefficient (Wildman–Crippen LogP) is 0.769. The van der Waals surface area contributed by atoms with Crippen LogP contribution in [0.5, 0.6) is 0 Å². The van der Waals surface area contributed by atoms with E-state index in [1.54, 1.807) is 0 Å². The molecule has 0 unspecified atom stereocenters. The summed E-state index contributed by atoms with van der Waals surface area (Å²) >= 11 is 0. The Balaban J connectivity index is 2.37. The third kappa shape index (κ3) is 13.8. The van der Waals surface area contributed by atoms with E-state index >= 15 is 0 Å². The maximum Gasteiger partial charge on any atom is 0.326 e. The molecule has 0 aliphatic rings. The van der Waals surface area contributed by atoms with Crippen LogP contribution in [0.25, 0.3) is 0 Å². The van der Waals surface area contributed by atoms with Crippen molar-refractivity contribution < 1.29 is 39.0 Å². The molecule has 9 N–H and O–H groups in total. The minimum absolute atomic E-state index is 0.0730. The van der Waals surface area contributed by atoms with Crippen molar-refractivity contribution in [1.29, 1.82) is 0 Å². The number of aliphatic carboxylic acids is 2. The van der Waals surface area contributed by atoms with Crippen LogP contribution in [0.15, 0.2) is 18.2 Å². The van der Waals surface area contributed by atoms with Crippen LogP contribution in [0.3, 0.4) is 0 Å². The van der Waals surface area contributed by atoms with Gasteiger partial charge in [0.25, 0.3) is 11.8 Å². The number of hydrogen-bond acceptors (Lipinski definition) is 7. The molecule has 1 rings (SSSR count). The minimum Gasteiger partial charge on any atom is -0.481 e. The Morgan fingerprint density at radius 2 is 1.26 bits per heavy atom. The molecule has 0 aromatic heterocycles. The Bertz CT molecular complexity index is 998. The summed E-state index contributed by atoms with van der Waals surface area (Å²) in [7, 11) is 0. The zero-order valence-corrected chi connectivity index (χ0v) is 21.3. The smallest absolute Gasteiger partial charge is 0.326 e. The first-order valence-electron chi connectivity index (χ1n) is 12.5. The lowest BCUT2D eigenvalue weighted by Crippen LogP contribution is -2.41. The Kier molecular flexibility index (Phi) is 14.5. The molecule has 0 saturated heterocycles. The van der Waals surface area contributed by atoms with Gasteiger partial charge in [-0.3, -0.25) is 24.0 Å². The second-order valence-electron chi connectivity index (χ2n) is 8.83. The Morgan fingerprint density at radius 1 is 0.737 bits per heavy atom. The number of carbonyl (C=O) groups excluding carboxylic acids is 4. The summed E-state index contributed by atoms with van der Waals surface area (Å²) in [4.78, 5) is 69.3. The molecule has 13 nitrogen and oxygen atoms in total. The van der Waals surface area contributed by atoms with E-state index in [9.17, 15) is 28.8 Å². The van der Waals surface area contributed by atoms with Crippen LogP contribution in [0, 0.1) is 0 Å². The van der Waals surface area contributed by atoms with E-state index in [-0.39, 0.29) is 47.9 Å². The molecule has 0 saturated carbocycles. The fraction of sp³-hybridized carbons (Fsp3) is 0.520. The topological polar surface area (TPSA) is 231 Å². The number of carboxylic acid groups (broad SMARTS) is 2. The van der Waals surface area contributed by atoms with Gasteiger partial charge in [-0.05, 0) is 50.3 Å². The van der Waals surface area contributed by atoms with E-state index < -0.39 is 29.8 Å². The lowest BCUT2D eigenvalue weighted by atomic mass is 10.1. The van der Waals surface area contributed by atoms with Gasteiger partial charge in [-0.15, -0.1) is 0 Å². The number of carboxylic acids is 2. The molecule has 0 spiro atoms. The molecular formula is C25H37N5O8. The normalized spacial score (nSPS) is 11.3. The molecule has 0 heterocycles. The summed E-state index contributed by atoms with van der Waals surface area (Å²) in [5.74, 6) is -4.05. The molecule has 13 heteroatoms. The van der Waals surface area contributed by atoms with E-state index in [2.05, 4.69) is 16.0 Å². The predicted molar refractivity (Wildman–Crippen MR) is 138 cm³/mol. The number of primary amides is 1. The first-order chi connectivity index (χ1) is 18.0. The lowest BCUT2D eigenvalue weighted by molar-refractivity contribution is -0.143. The van der Waals surface area contributed by atoms with Gasteiger partial charge >= 0.3 is 11.9 Å². The summed E-state index contributed by atoms with van der Waals surface area (Å²) in [5, 5.41) is 25.5. The SMILES string of the molecule is NC(=O)CCCCCNC(=O)c1cc(N)cc(C(=O)NCCCCCC(=O)N[C@@H](CCC(=O)O)C(=O)O)c1. The van der Waals surface area contributed by atoms with Crippen molar-refractivity contribution in [1.82, 2.24) is 16.0 Å². The fourth-order valence-electron chi connectivity index (χ4n) is 3.50. The summed E-state index contributed by atoms with van der Waals surface area (Å²) in [6, 6.07) is 3.13. The standard InChI is InChI=1S/C25H37N5O8/c26-18-14-16(23(35)28-11-5-1-3-7-20(27)31)13-17(15-18)24(36)29-12-6-2-4-8-21(32)30-19(25(37)38)9-10-22(33)34/h13-15,19H,1-12,26H2,(H2,27,31)(H,28,35)(H,29,36)(H,30,32)(H,33,34)(H,37,38)/t19-/m0/s1. The van der Waals surface area contributed by atoms with Crippen molar-refractivity contribution >= 4 is 41.3 Å². The summed E-state index contributed by atoms with van der Waals surface area (Å²) in [6.07, 6.45) is 3.50. The second-order valence-corrected chi connectivity index (χ2v) is 8.83. The van der Waals surface area contributed by atoms with Crippen LogP contribution in [0.2, 0.25) is 0 Å². The highest BCUT2D eigenvalue weighted by molar-refractivity contribution is 6.01. The number of hydrogen-bond donors (Lipinski definition) is 7. The van der Waals surface area contributed by atoms with Gasteiger partial charge in [-0.25, -0.2) is 4.79 Å². The largest absolute Gasteiger partial charge is 0.481 e. The Hall–Kier alpha value is -4.16. The second kappa shape index (κ2) is 17.3. The first kappa shape index (κ1) is 31.9. The number of rotatable bonds is 19. The Labute approximate surface area is 220 Å². The minimum atomic E-state index is -1.29. The molecular weight excluding hydrogens is 498 g/mol. The van der Waals surface area contributed by atoms with Crippen LogP contribution in [-0.2, 0) is 19.2 Å². The molecule has 0 radical (unpaired) electrons. The molecule has 0 fully saturated rings. The number of nitrogens with one attached hydrogen (secondary N) is 3. The number of carbonyl (C=O) groups is 6. The third-order valence-corrected chi connectivity index (χ3v) is 5.51. The number of benzene rings is 1. The van der Waals surface area contributed by atoms with Gasteiger partial charge in [0.2, 0.25) is 11.8 Å². The van der Waals surface area contributed by atoms with Crippen LogP contribution in [0.1, 0.15) is 84.9 Å². The number of anilines is 1. The molecule has 1 aromatic rings. The summed E-state index contributed by atoms with van der Waals surface area (Å²) in [6.45, 7) is 0.726. The molecule has 38 heavy (non-hydrogen) atoms. The highest BCUT2D eigenvalue weighted by atomic mass is 16.4. The van der Waals surface area contributed by atoms with Crippen molar-refractivity contribution in [2.75, 3.05) is 18.8 Å². The zero-order valence-electron chi connectivity index (χ0n) is 21.3. The molecule has 210 valence electrons. The molecule has 0 bridgehead atoms. The van der Waals surface area contributed by atoms with Gasteiger partial charge in [-0.1, -0.05) is 12.8 Å². The van der Waals surface area contributed by atoms with Crippen molar-refractivity contribution in [3.63, 3.8) is 0 Å². The van der Waals surface area contributed by atoms with E-state index in [1.807, 2.05) is 0 Å². The monoisotopic (exact) mass is 535 g/mol. The molecule has 1 aromatic carbocycles. The van der Waals surface area contributed by atoms with Gasteiger partial charge < -0.3 is 37.6 Å². The van der Waals surface area contributed by atoms with Crippen molar-refractivity contribution in [2.45, 2.75) is 70.3 Å². The Morgan fingerprint density at radius 3 is 1.74 bits per heavy atom. The number of unbranched alkanes of at least 4 members (excludes halogenated alkanes) is 4. The van der Waals surface area contributed by atoms with Crippen molar-refractivity contribution in [3.05, 3.63) is 29.3 Å². The molecule has 1 atom stereocenters. The average Bonchev–Trinajstić information content (AvgIpc) is 2.84. The van der Waals surface area contributed by atoms with Crippen LogP contribution >= 0.6 is 0 Å². The van der Waals surface area contributed by atoms with Gasteiger partial charge in [-0.2, -0.15) is 0 Å². The van der Waals surface area contributed by atoms with Gasteiger partial charge in [0.1, 0.15) is 6.04 Å². The van der Waals surface area contributed by atoms with E-state index in [0.29, 0.717) is 51.6 Å². The molecule has 0 aliphatic carbocycles. The number of nitrogen functional groups attached to an aromatic ring is 1. The molecule has 4 amide bonds. The maximum absolute atomic E-state index is 12.5. The lowest BCUT2D eigenvalue weighted by Gasteiger charge is -2.13. The summed E-state index contributed by atoms with van der Waals surface area (Å²) < 4.78 is 0. The quantitative estimate of drug-likeness (QED) is 0.0977. The van der Waals surface area contributed by atoms with Crippen LogP contribution in [-0.4, -0.2) is 64.9 Å². The average molecular weight is 536 g/mol. The van der Waals surface area contributed by atoms with E-state index in [0.717, 1.165) is 6.42 Å². The zero-order chi connectivity index (χ0) is 28.5. The first-order valence-corrected chi connectivity index (χ1v) is 12.5. The molecule has 0 aliphatic heterocycles. The van der Waals surface area contributed by atoms with Crippen molar-refractivity contribution in [2.24, 2.45) is 5.73 Å². The number of nitrogens with two attached hydrogens (primary N) is 2. The van der Waals surface area contributed by atoms with E-state index in [1.165, 1.54) is 18.2 Å². The van der Waals surface area contributed by atoms with Crippen molar-refractivity contribution in [3.8, 4) is 0 Å².